The Bertz CT molecular complexity index is 892. The van der Waals surface area contributed by atoms with Crippen molar-refractivity contribution in [3.63, 3.8) is 0 Å². The molecule has 2 N–H and O–H groups in total. The predicted molar refractivity (Wildman–Crippen MR) is 122 cm³/mol. The summed E-state index contributed by atoms with van der Waals surface area (Å²) in [6.07, 6.45) is 1.96. The number of thioether (sulfide) groups is 1. The Kier molecular flexibility index (Phi) is 6.29. The first-order chi connectivity index (χ1) is 15.3. The molecule has 6 atom stereocenters. The van der Waals surface area contributed by atoms with Crippen molar-refractivity contribution in [3.05, 3.63) is 35.9 Å². The van der Waals surface area contributed by atoms with Crippen molar-refractivity contribution in [3.8, 4) is 0 Å². The van der Waals surface area contributed by atoms with Crippen molar-refractivity contribution in [1.29, 1.82) is 0 Å². The fourth-order valence-corrected chi connectivity index (χ4v) is 8.27. The van der Waals surface area contributed by atoms with Crippen molar-refractivity contribution in [2.75, 3.05) is 13.2 Å². The van der Waals surface area contributed by atoms with E-state index in [9.17, 15) is 19.5 Å². The summed E-state index contributed by atoms with van der Waals surface area (Å²) in [7, 11) is 0. The number of likely N-dealkylation sites (tertiary alicyclic amines) is 1. The highest BCUT2D eigenvalue weighted by Crippen LogP contribution is 2.71. The first kappa shape index (κ1) is 23.1. The van der Waals surface area contributed by atoms with E-state index in [0.29, 0.717) is 19.4 Å². The fourth-order valence-electron chi connectivity index (χ4n) is 5.94. The Labute approximate surface area is 193 Å². The van der Waals surface area contributed by atoms with E-state index in [1.165, 1.54) is 0 Å². The maximum absolute atomic E-state index is 13.8. The van der Waals surface area contributed by atoms with Gasteiger partial charge in [0, 0.05) is 11.3 Å². The highest BCUT2D eigenvalue weighted by Gasteiger charge is 2.77. The van der Waals surface area contributed by atoms with Gasteiger partial charge < -0.3 is 20.1 Å². The zero-order chi connectivity index (χ0) is 23.1. The van der Waals surface area contributed by atoms with Gasteiger partial charge in [-0.05, 0) is 38.7 Å². The number of hydrogen-bond acceptors (Lipinski definition) is 6. The number of rotatable bonds is 8. The zero-order valence-corrected chi connectivity index (χ0v) is 19.7. The van der Waals surface area contributed by atoms with Crippen LogP contribution >= 0.6 is 11.8 Å². The lowest BCUT2D eigenvalue weighted by molar-refractivity contribution is -0.155. The van der Waals surface area contributed by atoms with Gasteiger partial charge in [0.15, 0.2) is 0 Å². The molecule has 3 saturated heterocycles. The van der Waals surface area contributed by atoms with Gasteiger partial charge in [0.1, 0.15) is 6.04 Å². The minimum atomic E-state index is -0.730. The molecular weight excluding hydrogens is 428 g/mol. The number of aliphatic hydroxyl groups excluding tert-OH is 1. The minimum Gasteiger partial charge on any atom is -0.466 e. The summed E-state index contributed by atoms with van der Waals surface area (Å²) in [4.78, 5) is 42.0. The smallest absolute Gasteiger partial charge is 0.311 e. The van der Waals surface area contributed by atoms with Crippen LogP contribution < -0.4 is 5.32 Å². The third-order valence-corrected chi connectivity index (χ3v) is 9.37. The van der Waals surface area contributed by atoms with Gasteiger partial charge in [-0.2, -0.15) is 0 Å². The molecule has 1 aromatic rings. The van der Waals surface area contributed by atoms with Crippen LogP contribution in [0.1, 0.15) is 45.6 Å². The van der Waals surface area contributed by atoms with Crippen molar-refractivity contribution >= 4 is 29.5 Å². The summed E-state index contributed by atoms with van der Waals surface area (Å²) < 4.78 is 4.25. The summed E-state index contributed by atoms with van der Waals surface area (Å²) >= 11 is 1.61. The number of carbonyl (C=O) groups excluding carboxylic acids is 3. The minimum absolute atomic E-state index is 0.209. The Balaban J connectivity index is 1.70. The largest absolute Gasteiger partial charge is 0.466 e. The van der Waals surface area contributed by atoms with Crippen molar-refractivity contribution in [2.24, 2.45) is 11.8 Å². The molecule has 1 spiro atoms. The number of amides is 2. The molecule has 7 nitrogen and oxygen atoms in total. The molecule has 3 aliphatic heterocycles. The number of benzene rings is 1. The van der Waals surface area contributed by atoms with Gasteiger partial charge in [0.25, 0.3) is 0 Å². The third kappa shape index (κ3) is 3.43. The lowest BCUT2D eigenvalue weighted by atomic mass is 9.66. The summed E-state index contributed by atoms with van der Waals surface area (Å²) in [5, 5.41) is 13.1. The molecule has 2 bridgehead atoms. The normalized spacial score (nSPS) is 33.8. The van der Waals surface area contributed by atoms with E-state index in [-0.39, 0.29) is 31.0 Å². The first-order valence-electron chi connectivity index (χ1n) is 11.4. The molecule has 2 amide bonds. The van der Waals surface area contributed by atoms with Gasteiger partial charge in [-0.25, -0.2) is 0 Å². The van der Waals surface area contributed by atoms with Crippen LogP contribution in [0, 0.1) is 11.8 Å². The average molecular weight is 461 g/mol. The number of carbonyl (C=O) groups is 3. The van der Waals surface area contributed by atoms with E-state index in [4.69, 9.17) is 4.74 Å². The summed E-state index contributed by atoms with van der Waals surface area (Å²) in [6, 6.07) is 8.44. The zero-order valence-electron chi connectivity index (χ0n) is 18.9. The molecule has 0 saturated carbocycles. The third-order valence-electron chi connectivity index (χ3n) is 7.39. The standard InChI is InChI=1S/C24H32N2O5S/c1-4-16(14-27)26-19(20(28)25-13-15-9-7-6-8-10-15)24-12-11-23(3,32-24)18(17(24)21(26)29)22(30)31-5-2/h6-10,16-19,27H,4-5,11-14H2,1-3H3,(H,25,28)/t16-,17-,18-,19?,23+,24?/m0/s1. The van der Waals surface area contributed by atoms with E-state index < -0.39 is 33.4 Å². The second-order valence-electron chi connectivity index (χ2n) is 9.17. The molecule has 4 rings (SSSR count). The van der Waals surface area contributed by atoms with Gasteiger partial charge in [-0.3, -0.25) is 14.4 Å². The average Bonchev–Trinajstić information content (AvgIpc) is 3.35. The van der Waals surface area contributed by atoms with Gasteiger partial charge >= 0.3 is 5.97 Å². The molecule has 2 unspecified atom stereocenters. The van der Waals surface area contributed by atoms with E-state index in [1.54, 1.807) is 23.6 Å². The Hall–Kier alpha value is -2.06. The van der Waals surface area contributed by atoms with Gasteiger partial charge in [-0.15, -0.1) is 11.8 Å². The van der Waals surface area contributed by atoms with E-state index in [1.807, 2.05) is 44.2 Å². The number of esters is 1. The van der Waals surface area contributed by atoms with Gasteiger partial charge in [0.05, 0.1) is 35.8 Å². The van der Waals surface area contributed by atoms with Gasteiger partial charge in [-0.1, -0.05) is 37.3 Å². The van der Waals surface area contributed by atoms with Gasteiger partial charge in [0.2, 0.25) is 11.8 Å². The molecule has 3 fully saturated rings. The molecule has 0 aliphatic carbocycles. The van der Waals surface area contributed by atoms with E-state index in [2.05, 4.69) is 5.32 Å². The van der Waals surface area contributed by atoms with Crippen LogP contribution in [-0.4, -0.2) is 62.6 Å². The SMILES string of the molecule is CCOC(=O)[C@@H]1[C@H]2C(=O)N([C@@H](CC)CO)C(C(=O)NCc3ccccc3)C23CC[C@@]1(C)S3. The number of nitrogens with one attached hydrogen (secondary N) is 1. The molecule has 8 heteroatoms. The number of fused-ring (bicyclic) bond motifs is 1. The van der Waals surface area contributed by atoms with Crippen LogP contribution in [0.15, 0.2) is 30.3 Å². The molecule has 0 radical (unpaired) electrons. The van der Waals surface area contributed by atoms with Crippen LogP contribution in [-0.2, 0) is 25.7 Å². The highest BCUT2D eigenvalue weighted by atomic mass is 32.2. The molecule has 1 aromatic carbocycles. The monoisotopic (exact) mass is 460 g/mol. The molecule has 32 heavy (non-hydrogen) atoms. The topological polar surface area (TPSA) is 95.9 Å². The molecule has 3 heterocycles. The number of aliphatic hydroxyl groups is 1. The Morgan fingerprint density at radius 1 is 1.28 bits per heavy atom. The van der Waals surface area contributed by atoms with E-state index >= 15 is 0 Å². The van der Waals surface area contributed by atoms with E-state index in [0.717, 1.165) is 12.0 Å². The summed E-state index contributed by atoms with van der Waals surface area (Å²) in [5.74, 6) is -1.99. The Morgan fingerprint density at radius 2 is 2.00 bits per heavy atom. The maximum atomic E-state index is 13.8. The van der Waals surface area contributed by atoms with Crippen molar-refractivity contribution in [1.82, 2.24) is 10.2 Å². The van der Waals surface area contributed by atoms with Crippen LogP contribution in [0.2, 0.25) is 0 Å². The van der Waals surface area contributed by atoms with Crippen LogP contribution in [0.4, 0.5) is 0 Å². The lowest BCUT2D eigenvalue weighted by Crippen LogP contribution is -2.56. The molecule has 0 aromatic heterocycles. The second-order valence-corrected chi connectivity index (χ2v) is 11.1. The van der Waals surface area contributed by atoms with Crippen LogP contribution in [0.3, 0.4) is 0 Å². The second kappa shape index (κ2) is 8.71. The maximum Gasteiger partial charge on any atom is 0.311 e. The number of ether oxygens (including phenoxy) is 1. The lowest BCUT2D eigenvalue weighted by Gasteiger charge is -2.36. The Morgan fingerprint density at radius 3 is 2.62 bits per heavy atom. The molecule has 174 valence electrons. The summed E-state index contributed by atoms with van der Waals surface area (Å²) in [6.45, 7) is 6.07. The van der Waals surface area contributed by atoms with Crippen LogP contribution in [0.5, 0.6) is 0 Å². The predicted octanol–water partition coefficient (Wildman–Crippen LogP) is 2.12. The molecule has 3 aliphatic rings. The first-order valence-corrected chi connectivity index (χ1v) is 12.3. The fraction of sp³-hybridized carbons (Fsp3) is 0.625. The van der Waals surface area contributed by atoms with Crippen molar-refractivity contribution < 1.29 is 24.2 Å². The quantitative estimate of drug-likeness (QED) is 0.577. The van der Waals surface area contributed by atoms with Crippen LogP contribution in [0.25, 0.3) is 0 Å². The number of nitrogens with zero attached hydrogens (tertiary/aromatic N) is 1. The number of hydrogen-bond donors (Lipinski definition) is 2. The molecular formula is C24H32N2O5S. The van der Waals surface area contributed by atoms with Crippen molar-refractivity contribution in [2.45, 2.75) is 68.2 Å². The summed E-state index contributed by atoms with van der Waals surface area (Å²) in [5.41, 5.74) is 0.972. The highest BCUT2D eigenvalue weighted by molar-refractivity contribution is 8.02.